The number of hydrogen-bond donors (Lipinski definition) is 2. The monoisotopic (exact) mass is 378 g/mol. The largest absolute Gasteiger partial charge is 0.497 e. The molecule has 0 radical (unpaired) electrons. The first-order valence-corrected chi connectivity index (χ1v) is 8.38. The van der Waals surface area contributed by atoms with E-state index in [-0.39, 0.29) is 11.3 Å². The maximum atomic E-state index is 12.4. The van der Waals surface area contributed by atoms with Crippen LogP contribution in [-0.4, -0.2) is 28.7 Å². The molecule has 3 aromatic rings. The molecule has 2 aromatic carbocycles. The Bertz CT molecular complexity index is 1130. The van der Waals surface area contributed by atoms with Gasteiger partial charge in [0.15, 0.2) is 5.69 Å². The SMILES string of the molecule is COc1cccc(/C=C/C(=O)NNC(=O)c2nn(C)c(=O)c3ccccc23)c1. The van der Waals surface area contributed by atoms with Gasteiger partial charge in [-0.05, 0) is 29.8 Å². The average Bonchev–Trinajstić information content (AvgIpc) is 2.73. The molecule has 1 heterocycles. The van der Waals surface area contributed by atoms with Crippen molar-refractivity contribution >= 4 is 28.7 Å². The number of nitrogens with one attached hydrogen (secondary N) is 2. The van der Waals surface area contributed by atoms with Gasteiger partial charge in [-0.2, -0.15) is 5.10 Å². The van der Waals surface area contributed by atoms with Crippen LogP contribution in [0, 0.1) is 0 Å². The summed E-state index contributed by atoms with van der Waals surface area (Å²) in [5, 5.41) is 4.78. The third-order valence-corrected chi connectivity index (χ3v) is 3.99. The molecule has 142 valence electrons. The van der Waals surface area contributed by atoms with E-state index in [4.69, 9.17) is 4.74 Å². The van der Waals surface area contributed by atoms with Gasteiger partial charge >= 0.3 is 0 Å². The normalized spacial score (nSPS) is 10.8. The number of methoxy groups -OCH3 is 1. The van der Waals surface area contributed by atoms with Crippen molar-refractivity contribution in [2.75, 3.05) is 7.11 Å². The zero-order valence-electron chi connectivity index (χ0n) is 15.3. The molecule has 0 unspecified atom stereocenters. The van der Waals surface area contributed by atoms with Gasteiger partial charge in [-0.15, -0.1) is 0 Å². The molecular weight excluding hydrogens is 360 g/mol. The van der Waals surface area contributed by atoms with E-state index in [0.717, 1.165) is 10.2 Å². The topological polar surface area (TPSA) is 102 Å². The lowest BCUT2D eigenvalue weighted by Gasteiger charge is -2.09. The van der Waals surface area contributed by atoms with E-state index in [2.05, 4.69) is 16.0 Å². The second-order valence-corrected chi connectivity index (χ2v) is 5.88. The van der Waals surface area contributed by atoms with Crippen molar-refractivity contribution in [2.45, 2.75) is 0 Å². The van der Waals surface area contributed by atoms with E-state index >= 15 is 0 Å². The van der Waals surface area contributed by atoms with Crippen LogP contribution >= 0.6 is 0 Å². The van der Waals surface area contributed by atoms with Gasteiger partial charge in [0.1, 0.15) is 5.75 Å². The molecule has 3 rings (SSSR count). The van der Waals surface area contributed by atoms with Crippen LogP contribution in [0.5, 0.6) is 5.75 Å². The van der Waals surface area contributed by atoms with E-state index in [1.807, 2.05) is 6.07 Å². The minimum Gasteiger partial charge on any atom is -0.497 e. The van der Waals surface area contributed by atoms with Gasteiger partial charge in [0.05, 0.1) is 12.5 Å². The number of benzene rings is 2. The third-order valence-electron chi connectivity index (χ3n) is 3.99. The van der Waals surface area contributed by atoms with E-state index in [0.29, 0.717) is 16.5 Å². The van der Waals surface area contributed by atoms with Gasteiger partial charge in [-0.3, -0.25) is 25.2 Å². The Hall–Kier alpha value is -3.94. The molecule has 8 nitrogen and oxygen atoms in total. The molecule has 0 saturated carbocycles. The zero-order chi connectivity index (χ0) is 20.1. The molecule has 1 aromatic heterocycles. The number of carbonyl (C=O) groups is 2. The Morgan fingerprint density at radius 3 is 2.57 bits per heavy atom. The first-order chi connectivity index (χ1) is 13.5. The number of hydrazine groups is 1. The van der Waals surface area contributed by atoms with E-state index < -0.39 is 11.8 Å². The molecule has 0 spiro atoms. The molecular formula is C20H18N4O4. The van der Waals surface area contributed by atoms with Crippen molar-refractivity contribution < 1.29 is 14.3 Å². The van der Waals surface area contributed by atoms with Crippen molar-refractivity contribution in [1.82, 2.24) is 20.6 Å². The minimum absolute atomic E-state index is 0.0368. The first-order valence-electron chi connectivity index (χ1n) is 8.38. The number of rotatable bonds is 4. The summed E-state index contributed by atoms with van der Waals surface area (Å²) in [6.45, 7) is 0. The summed E-state index contributed by atoms with van der Waals surface area (Å²) in [4.78, 5) is 36.5. The van der Waals surface area contributed by atoms with Gasteiger partial charge in [-0.1, -0.05) is 30.3 Å². The van der Waals surface area contributed by atoms with Crippen molar-refractivity contribution in [3.63, 3.8) is 0 Å². The fraction of sp³-hybridized carbons (Fsp3) is 0.100. The summed E-state index contributed by atoms with van der Waals surface area (Å²) >= 11 is 0. The Labute approximate surface area is 160 Å². The predicted octanol–water partition coefficient (Wildman–Crippen LogP) is 1.42. The average molecular weight is 378 g/mol. The molecule has 0 saturated heterocycles. The van der Waals surface area contributed by atoms with Gasteiger partial charge in [-0.25, -0.2) is 4.68 Å². The van der Waals surface area contributed by atoms with Crippen molar-refractivity contribution in [2.24, 2.45) is 7.05 Å². The highest BCUT2D eigenvalue weighted by molar-refractivity contribution is 6.05. The maximum Gasteiger partial charge on any atom is 0.290 e. The molecule has 8 heteroatoms. The summed E-state index contributed by atoms with van der Waals surface area (Å²) in [7, 11) is 3.02. The van der Waals surface area contributed by atoms with Gasteiger partial charge in [0.2, 0.25) is 0 Å². The van der Waals surface area contributed by atoms with Crippen LogP contribution in [0.15, 0.2) is 59.4 Å². The highest BCUT2D eigenvalue weighted by atomic mass is 16.5. The third kappa shape index (κ3) is 4.07. The fourth-order valence-corrected chi connectivity index (χ4v) is 2.60. The summed E-state index contributed by atoms with van der Waals surface area (Å²) in [6.07, 6.45) is 2.87. The van der Waals surface area contributed by atoms with Crippen LogP contribution in [0.3, 0.4) is 0 Å². The molecule has 2 N–H and O–H groups in total. The quantitative estimate of drug-likeness (QED) is 0.528. The molecule has 0 atom stereocenters. The van der Waals surface area contributed by atoms with Gasteiger partial charge in [0, 0.05) is 18.5 Å². The number of ether oxygens (including phenoxy) is 1. The van der Waals surface area contributed by atoms with Crippen LogP contribution in [0.25, 0.3) is 16.8 Å². The number of carbonyl (C=O) groups excluding carboxylic acids is 2. The molecule has 0 bridgehead atoms. The lowest BCUT2D eigenvalue weighted by Crippen LogP contribution is -2.42. The number of aryl methyl sites for hydroxylation is 1. The van der Waals surface area contributed by atoms with Crippen LogP contribution in [0.1, 0.15) is 16.1 Å². The second-order valence-electron chi connectivity index (χ2n) is 5.88. The lowest BCUT2D eigenvalue weighted by molar-refractivity contribution is -0.117. The highest BCUT2D eigenvalue weighted by Crippen LogP contribution is 2.14. The number of nitrogens with zero attached hydrogens (tertiary/aromatic N) is 2. The number of hydrogen-bond acceptors (Lipinski definition) is 5. The van der Waals surface area contributed by atoms with E-state index in [1.165, 1.54) is 13.1 Å². The van der Waals surface area contributed by atoms with E-state index in [1.54, 1.807) is 55.7 Å². The molecule has 0 fully saturated rings. The van der Waals surface area contributed by atoms with Crippen LogP contribution in [0.2, 0.25) is 0 Å². The zero-order valence-corrected chi connectivity index (χ0v) is 15.3. The summed E-state index contributed by atoms with van der Waals surface area (Å²) in [5.41, 5.74) is 5.10. The minimum atomic E-state index is -0.630. The number of aromatic nitrogens is 2. The smallest absolute Gasteiger partial charge is 0.290 e. The maximum absolute atomic E-state index is 12.4. The highest BCUT2D eigenvalue weighted by Gasteiger charge is 2.15. The van der Waals surface area contributed by atoms with E-state index in [9.17, 15) is 14.4 Å². The summed E-state index contributed by atoms with van der Waals surface area (Å²) in [5.74, 6) is -0.483. The molecule has 0 aliphatic heterocycles. The molecule has 2 amide bonds. The van der Waals surface area contributed by atoms with Crippen LogP contribution < -0.4 is 21.1 Å². The first kappa shape index (κ1) is 18.8. The molecule has 0 aliphatic carbocycles. The van der Waals surface area contributed by atoms with Gasteiger partial charge in [0.25, 0.3) is 17.4 Å². The summed E-state index contributed by atoms with van der Waals surface area (Å²) < 4.78 is 6.21. The Morgan fingerprint density at radius 1 is 1.07 bits per heavy atom. The lowest BCUT2D eigenvalue weighted by atomic mass is 10.1. The van der Waals surface area contributed by atoms with Crippen molar-refractivity contribution in [3.05, 3.63) is 76.2 Å². The Balaban J connectivity index is 1.71. The Morgan fingerprint density at radius 2 is 1.82 bits per heavy atom. The molecule has 0 aliphatic rings. The van der Waals surface area contributed by atoms with Crippen LogP contribution in [-0.2, 0) is 11.8 Å². The fourth-order valence-electron chi connectivity index (χ4n) is 2.60. The number of amides is 2. The summed E-state index contributed by atoms with van der Waals surface area (Å²) in [6, 6.07) is 13.8. The Kier molecular flexibility index (Phi) is 5.50. The molecule has 28 heavy (non-hydrogen) atoms. The van der Waals surface area contributed by atoms with Gasteiger partial charge < -0.3 is 4.74 Å². The van der Waals surface area contributed by atoms with Crippen LogP contribution in [0.4, 0.5) is 0 Å². The predicted molar refractivity (Wildman–Crippen MR) is 105 cm³/mol. The number of fused-ring (bicyclic) bond motifs is 1. The second kappa shape index (κ2) is 8.17. The standard InChI is InChI=1S/C20H18N4O4/c1-24-20(27)16-9-4-3-8-15(16)18(23-24)19(26)22-21-17(25)11-10-13-6-5-7-14(12-13)28-2/h3-12H,1-2H3,(H,21,25)(H,22,26)/b11-10+. The van der Waals surface area contributed by atoms with Crippen molar-refractivity contribution in [1.29, 1.82) is 0 Å². The van der Waals surface area contributed by atoms with Crippen molar-refractivity contribution in [3.8, 4) is 5.75 Å².